The molecular formula is C5H14O2Si. The summed E-state index contributed by atoms with van der Waals surface area (Å²) >= 11 is 0. The molecule has 0 aliphatic carbocycles. The van der Waals surface area contributed by atoms with Gasteiger partial charge in [-0.3, -0.25) is 0 Å². The molecule has 0 fully saturated rings. The van der Waals surface area contributed by atoms with Crippen LogP contribution < -0.4 is 0 Å². The molecule has 0 amide bonds. The van der Waals surface area contributed by atoms with Crippen LogP contribution in [0.1, 0.15) is 6.92 Å². The minimum atomic E-state index is -0.871. The lowest BCUT2D eigenvalue weighted by atomic mass is 10.8. The normalized spacial score (nSPS) is 14.6. The van der Waals surface area contributed by atoms with Crippen LogP contribution in [-0.2, 0) is 9.16 Å². The van der Waals surface area contributed by atoms with Crippen LogP contribution in [0.3, 0.4) is 0 Å². The van der Waals surface area contributed by atoms with Gasteiger partial charge in [0, 0.05) is 7.11 Å². The minimum absolute atomic E-state index is 0.0123. The van der Waals surface area contributed by atoms with E-state index in [1.165, 1.54) is 0 Å². The maximum Gasteiger partial charge on any atom is 0.174 e. The second-order valence-electron chi connectivity index (χ2n) is 1.99. The largest absolute Gasteiger partial charge is 0.396 e. The van der Waals surface area contributed by atoms with E-state index >= 15 is 0 Å². The van der Waals surface area contributed by atoms with Crippen molar-refractivity contribution in [2.45, 2.75) is 26.3 Å². The average molecular weight is 134 g/mol. The van der Waals surface area contributed by atoms with E-state index in [0.717, 1.165) is 0 Å². The average Bonchev–Trinajstić information content (AvgIpc) is 1.65. The highest BCUT2D eigenvalue weighted by atomic mass is 28.3. The van der Waals surface area contributed by atoms with E-state index in [2.05, 4.69) is 13.1 Å². The number of hydrogen-bond acceptors (Lipinski definition) is 2. The Morgan fingerprint density at radius 3 is 2.00 bits per heavy atom. The van der Waals surface area contributed by atoms with Crippen LogP contribution >= 0.6 is 0 Å². The van der Waals surface area contributed by atoms with Crippen molar-refractivity contribution in [1.82, 2.24) is 0 Å². The first-order valence-corrected chi connectivity index (χ1v) is 5.63. The van der Waals surface area contributed by atoms with Crippen LogP contribution in [0.2, 0.25) is 13.1 Å². The molecular weight excluding hydrogens is 120 g/mol. The van der Waals surface area contributed by atoms with Crippen molar-refractivity contribution in [3.63, 3.8) is 0 Å². The molecule has 0 spiro atoms. The summed E-state index contributed by atoms with van der Waals surface area (Å²) in [7, 11) is 0.783. The Kier molecular flexibility index (Phi) is 4.13. The zero-order chi connectivity index (χ0) is 6.57. The van der Waals surface area contributed by atoms with Crippen LogP contribution in [0, 0.1) is 0 Å². The Bertz CT molecular complexity index is 56.4. The van der Waals surface area contributed by atoms with E-state index in [1.54, 1.807) is 7.11 Å². The van der Waals surface area contributed by atoms with Gasteiger partial charge in [0.05, 0.1) is 0 Å². The summed E-state index contributed by atoms with van der Waals surface area (Å²) in [6.07, 6.45) is -0.0123. The molecule has 0 bridgehead atoms. The third-order valence-electron chi connectivity index (χ3n) is 0.796. The van der Waals surface area contributed by atoms with E-state index in [4.69, 9.17) is 9.16 Å². The van der Waals surface area contributed by atoms with Gasteiger partial charge in [-0.25, -0.2) is 0 Å². The van der Waals surface area contributed by atoms with Crippen LogP contribution in [0.25, 0.3) is 0 Å². The molecule has 0 heterocycles. The summed E-state index contributed by atoms with van der Waals surface area (Å²) in [6, 6.07) is 0. The number of rotatable bonds is 3. The number of methoxy groups -OCH3 is 1. The molecule has 0 rings (SSSR count). The van der Waals surface area contributed by atoms with Crippen molar-refractivity contribution in [2.75, 3.05) is 7.11 Å². The third-order valence-corrected chi connectivity index (χ3v) is 1.72. The third kappa shape index (κ3) is 4.30. The zero-order valence-corrected chi connectivity index (χ0v) is 7.13. The van der Waals surface area contributed by atoms with Crippen molar-refractivity contribution in [2.24, 2.45) is 0 Å². The standard InChI is InChI=1S/C5H14O2Si/c1-5(6-2)7-8(3)4/h5,8H,1-4H3. The second kappa shape index (κ2) is 4.06. The topological polar surface area (TPSA) is 18.5 Å². The molecule has 0 saturated heterocycles. The Morgan fingerprint density at radius 1 is 1.38 bits per heavy atom. The van der Waals surface area contributed by atoms with E-state index in [1.807, 2.05) is 6.92 Å². The monoisotopic (exact) mass is 134 g/mol. The highest BCUT2D eigenvalue weighted by Gasteiger charge is 2.00. The molecule has 0 aliphatic rings. The molecule has 2 nitrogen and oxygen atoms in total. The maximum absolute atomic E-state index is 5.32. The molecule has 0 aromatic rings. The highest BCUT2D eigenvalue weighted by molar-refractivity contribution is 6.48. The van der Waals surface area contributed by atoms with Crippen molar-refractivity contribution < 1.29 is 9.16 Å². The van der Waals surface area contributed by atoms with Gasteiger partial charge in [0.2, 0.25) is 0 Å². The van der Waals surface area contributed by atoms with E-state index in [0.29, 0.717) is 0 Å². The molecule has 50 valence electrons. The van der Waals surface area contributed by atoms with Crippen LogP contribution in [0.15, 0.2) is 0 Å². The van der Waals surface area contributed by atoms with Crippen molar-refractivity contribution in [1.29, 1.82) is 0 Å². The predicted octanol–water partition coefficient (Wildman–Crippen LogP) is 0.979. The van der Waals surface area contributed by atoms with E-state index < -0.39 is 9.04 Å². The fourth-order valence-electron chi connectivity index (χ4n) is 0.439. The maximum atomic E-state index is 5.32. The van der Waals surface area contributed by atoms with Gasteiger partial charge in [-0.15, -0.1) is 0 Å². The summed E-state index contributed by atoms with van der Waals surface area (Å²) in [4.78, 5) is 0. The molecule has 0 aromatic heterocycles. The summed E-state index contributed by atoms with van der Waals surface area (Å²) in [5.41, 5.74) is 0. The molecule has 0 aromatic carbocycles. The fourth-order valence-corrected chi connectivity index (χ4v) is 1.32. The van der Waals surface area contributed by atoms with Crippen LogP contribution in [0.4, 0.5) is 0 Å². The Balaban J connectivity index is 3.10. The Labute approximate surface area is 52.5 Å². The quantitative estimate of drug-likeness (QED) is 0.423. The molecule has 0 saturated carbocycles. The van der Waals surface area contributed by atoms with Crippen LogP contribution in [-0.4, -0.2) is 22.4 Å². The lowest BCUT2D eigenvalue weighted by molar-refractivity contribution is -0.0399. The summed E-state index contributed by atoms with van der Waals surface area (Å²) in [5.74, 6) is 0. The molecule has 3 heteroatoms. The minimum Gasteiger partial charge on any atom is -0.396 e. The van der Waals surface area contributed by atoms with Crippen LogP contribution in [0.5, 0.6) is 0 Å². The van der Waals surface area contributed by atoms with Gasteiger partial charge in [0.25, 0.3) is 0 Å². The lowest BCUT2D eigenvalue weighted by Gasteiger charge is -2.12. The van der Waals surface area contributed by atoms with Gasteiger partial charge in [0.1, 0.15) is 6.29 Å². The molecule has 0 N–H and O–H groups in total. The first-order chi connectivity index (χ1) is 3.66. The van der Waals surface area contributed by atoms with Gasteiger partial charge >= 0.3 is 0 Å². The highest BCUT2D eigenvalue weighted by Crippen LogP contribution is 1.93. The van der Waals surface area contributed by atoms with Gasteiger partial charge in [-0.1, -0.05) is 0 Å². The van der Waals surface area contributed by atoms with Gasteiger partial charge in [-0.2, -0.15) is 0 Å². The molecule has 1 unspecified atom stereocenters. The fraction of sp³-hybridized carbons (Fsp3) is 1.00. The first-order valence-electron chi connectivity index (χ1n) is 2.85. The van der Waals surface area contributed by atoms with Crippen molar-refractivity contribution >= 4 is 9.04 Å². The zero-order valence-electron chi connectivity index (χ0n) is 5.97. The SMILES string of the molecule is COC(C)O[SiH](C)C. The summed E-state index contributed by atoms with van der Waals surface area (Å²) < 4.78 is 10.2. The molecule has 1 atom stereocenters. The smallest absolute Gasteiger partial charge is 0.174 e. The van der Waals surface area contributed by atoms with E-state index in [9.17, 15) is 0 Å². The second-order valence-corrected chi connectivity index (χ2v) is 4.36. The number of hydrogen-bond donors (Lipinski definition) is 0. The molecule has 8 heavy (non-hydrogen) atoms. The summed E-state index contributed by atoms with van der Waals surface area (Å²) in [6.45, 7) is 6.15. The van der Waals surface area contributed by atoms with Crippen molar-refractivity contribution in [3.05, 3.63) is 0 Å². The van der Waals surface area contributed by atoms with Gasteiger partial charge < -0.3 is 9.16 Å². The Hall–Kier alpha value is 0.137. The predicted molar refractivity (Wildman–Crippen MR) is 36.4 cm³/mol. The Morgan fingerprint density at radius 2 is 1.88 bits per heavy atom. The molecule has 0 radical (unpaired) electrons. The van der Waals surface area contributed by atoms with Crippen molar-refractivity contribution in [3.8, 4) is 0 Å². The van der Waals surface area contributed by atoms with Gasteiger partial charge in [-0.05, 0) is 20.0 Å². The van der Waals surface area contributed by atoms with E-state index in [-0.39, 0.29) is 6.29 Å². The van der Waals surface area contributed by atoms with Gasteiger partial charge in [0.15, 0.2) is 9.04 Å². The summed E-state index contributed by atoms with van der Waals surface area (Å²) in [5, 5.41) is 0. The molecule has 0 aliphatic heterocycles. The number of ether oxygens (including phenoxy) is 1. The lowest BCUT2D eigenvalue weighted by Crippen LogP contribution is -2.18. The first kappa shape index (κ1) is 8.14.